The van der Waals surface area contributed by atoms with Crippen molar-refractivity contribution in [3.05, 3.63) is 88.8 Å². The Kier molecular flexibility index (Phi) is 7.84. The van der Waals surface area contributed by atoms with Crippen molar-refractivity contribution < 1.29 is 28.5 Å². The zero-order chi connectivity index (χ0) is 26.4. The quantitative estimate of drug-likeness (QED) is 0.239. The van der Waals surface area contributed by atoms with Gasteiger partial charge < -0.3 is 29.4 Å². The van der Waals surface area contributed by atoms with Gasteiger partial charge in [-0.05, 0) is 55.0 Å². The second-order valence-corrected chi connectivity index (χ2v) is 8.35. The monoisotopic (exact) mass is 500 g/mol. The Hall–Kier alpha value is -4.64. The summed E-state index contributed by atoms with van der Waals surface area (Å²) in [5.41, 5.74) is 8.12. The first-order chi connectivity index (χ1) is 18.0. The minimum atomic E-state index is -0.566. The average molecular weight is 501 g/mol. The Morgan fingerprint density at radius 3 is 2.38 bits per heavy atom. The van der Waals surface area contributed by atoms with Gasteiger partial charge in [0.25, 0.3) is 0 Å². The Bertz CT molecular complexity index is 1360. The molecule has 1 aliphatic rings. The van der Waals surface area contributed by atoms with E-state index in [1.165, 1.54) is 0 Å². The van der Waals surface area contributed by atoms with E-state index < -0.39 is 11.9 Å². The number of nitrogens with zero attached hydrogens (tertiary/aromatic N) is 1. The fraction of sp³-hybridized carbons (Fsp3) is 0.241. The van der Waals surface area contributed by atoms with Gasteiger partial charge in [-0.15, -0.1) is 0 Å². The summed E-state index contributed by atoms with van der Waals surface area (Å²) in [6, 6.07) is 19.3. The molecule has 3 aromatic carbocycles. The molecule has 190 valence electrons. The molecular formula is C29H28N2O6. The summed E-state index contributed by atoms with van der Waals surface area (Å²) in [6.07, 6.45) is 2.01. The fourth-order valence-corrected chi connectivity index (χ4v) is 4.07. The SMILES string of the molecule is CCCCOc1ccc(C(=O)Oc2ccc3c(c2)OC(N)=C(C#N)C3c2cc(OC)ccc2OC)cc1. The van der Waals surface area contributed by atoms with Gasteiger partial charge in [-0.1, -0.05) is 19.4 Å². The third kappa shape index (κ3) is 5.46. The highest BCUT2D eigenvalue weighted by molar-refractivity contribution is 5.91. The van der Waals surface area contributed by atoms with Crippen LogP contribution in [-0.4, -0.2) is 26.8 Å². The first kappa shape index (κ1) is 25.5. The van der Waals surface area contributed by atoms with E-state index in [0.717, 1.165) is 12.8 Å². The standard InChI is InChI=1S/C29H28N2O6/c1-4-5-14-35-19-8-6-18(7-9-19)29(32)36-21-10-12-22-26(16-21)37-28(31)24(17-30)27(22)23-15-20(33-2)11-13-25(23)34-3/h6-13,15-16,27H,4-5,14,31H2,1-3H3. The van der Waals surface area contributed by atoms with Crippen molar-refractivity contribution in [2.75, 3.05) is 20.8 Å². The van der Waals surface area contributed by atoms with E-state index in [-0.39, 0.29) is 17.2 Å². The first-order valence-electron chi connectivity index (χ1n) is 11.9. The number of nitrogens with two attached hydrogens (primary N) is 1. The van der Waals surface area contributed by atoms with Crippen LogP contribution in [-0.2, 0) is 0 Å². The van der Waals surface area contributed by atoms with Crippen LogP contribution >= 0.6 is 0 Å². The number of hydrogen-bond acceptors (Lipinski definition) is 8. The molecule has 1 unspecified atom stereocenters. The third-order valence-corrected chi connectivity index (χ3v) is 6.01. The number of fused-ring (bicyclic) bond motifs is 1. The molecule has 0 radical (unpaired) electrons. The summed E-state index contributed by atoms with van der Waals surface area (Å²) in [4.78, 5) is 12.7. The molecular weight excluding hydrogens is 472 g/mol. The lowest BCUT2D eigenvalue weighted by Gasteiger charge is -2.28. The summed E-state index contributed by atoms with van der Waals surface area (Å²) in [5.74, 6) is 1.39. The lowest BCUT2D eigenvalue weighted by atomic mass is 9.83. The molecule has 0 fully saturated rings. The molecule has 3 aromatic rings. The Morgan fingerprint density at radius 1 is 0.973 bits per heavy atom. The number of ether oxygens (including phenoxy) is 5. The second-order valence-electron chi connectivity index (χ2n) is 8.35. The van der Waals surface area contributed by atoms with Crippen LogP contribution in [0.5, 0.6) is 28.7 Å². The molecule has 8 heteroatoms. The maximum atomic E-state index is 12.7. The van der Waals surface area contributed by atoms with Crippen molar-refractivity contribution in [1.29, 1.82) is 5.26 Å². The molecule has 0 spiro atoms. The smallest absolute Gasteiger partial charge is 0.343 e. The summed E-state index contributed by atoms with van der Waals surface area (Å²) >= 11 is 0. The van der Waals surface area contributed by atoms with E-state index >= 15 is 0 Å². The maximum absolute atomic E-state index is 12.7. The van der Waals surface area contributed by atoms with Crippen molar-refractivity contribution in [2.24, 2.45) is 5.73 Å². The van der Waals surface area contributed by atoms with Crippen LogP contribution < -0.4 is 29.4 Å². The third-order valence-electron chi connectivity index (χ3n) is 6.01. The number of nitriles is 1. The predicted molar refractivity (Wildman–Crippen MR) is 137 cm³/mol. The van der Waals surface area contributed by atoms with E-state index in [1.807, 2.05) is 0 Å². The van der Waals surface area contributed by atoms with E-state index in [2.05, 4.69) is 13.0 Å². The van der Waals surface area contributed by atoms with E-state index in [9.17, 15) is 10.1 Å². The molecule has 0 amide bonds. The Morgan fingerprint density at radius 2 is 1.70 bits per heavy atom. The van der Waals surface area contributed by atoms with Crippen molar-refractivity contribution in [2.45, 2.75) is 25.7 Å². The van der Waals surface area contributed by atoms with Crippen LogP contribution in [0.3, 0.4) is 0 Å². The molecule has 1 heterocycles. The molecule has 2 N–H and O–H groups in total. The molecule has 1 atom stereocenters. The van der Waals surface area contributed by atoms with Gasteiger partial charge in [-0.3, -0.25) is 0 Å². The number of carbonyl (C=O) groups is 1. The van der Waals surface area contributed by atoms with Crippen LogP contribution in [0, 0.1) is 11.3 Å². The first-order valence-corrected chi connectivity index (χ1v) is 11.9. The highest BCUT2D eigenvalue weighted by Gasteiger charge is 2.33. The average Bonchev–Trinajstić information content (AvgIpc) is 2.92. The highest BCUT2D eigenvalue weighted by atomic mass is 16.5. The lowest BCUT2D eigenvalue weighted by molar-refractivity contribution is 0.0734. The Labute approximate surface area is 215 Å². The zero-order valence-electron chi connectivity index (χ0n) is 20.9. The van der Waals surface area contributed by atoms with Gasteiger partial charge in [0.2, 0.25) is 5.88 Å². The summed E-state index contributed by atoms with van der Waals surface area (Å²) in [7, 11) is 3.11. The van der Waals surface area contributed by atoms with Gasteiger partial charge in [-0.2, -0.15) is 5.26 Å². The molecule has 0 saturated heterocycles. The van der Waals surface area contributed by atoms with Crippen molar-refractivity contribution in [3.63, 3.8) is 0 Å². The van der Waals surface area contributed by atoms with Crippen LogP contribution in [0.15, 0.2) is 72.1 Å². The molecule has 0 saturated carbocycles. The lowest BCUT2D eigenvalue weighted by Crippen LogP contribution is -2.21. The predicted octanol–water partition coefficient (Wildman–Crippen LogP) is 5.32. The number of rotatable bonds is 9. The number of esters is 1. The number of allylic oxidation sites excluding steroid dienone is 1. The van der Waals surface area contributed by atoms with Gasteiger partial charge >= 0.3 is 5.97 Å². The molecule has 0 aliphatic carbocycles. The number of unbranched alkanes of at least 4 members (excludes halogenated alkanes) is 1. The van der Waals surface area contributed by atoms with E-state index in [4.69, 9.17) is 29.4 Å². The van der Waals surface area contributed by atoms with Crippen LogP contribution in [0.2, 0.25) is 0 Å². The summed E-state index contributed by atoms with van der Waals surface area (Å²) in [5, 5.41) is 9.87. The van der Waals surface area contributed by atoms with E-state index in [0.29, 0.717) is 46.3 Å². The van der Waals surface area contributed by atoms with Gasteiger partial charge in [-0.25, -0.2) is 4.79 Å². The second kappa shape index (κ2) is 11.4. The van der Waals surface area contributed by atoms with Gasteiger partial charge in [0.15, 0.2) is 0 Å². The number of hydrogen-bond donors (Lipinski definition) is 1. The molecule has 1 aliphatic heterocycles. The molecule has 0 bridgehead atoms. The van der Waals surface area contributed by atoms with Crippen LogP contribution in [0.4, 0.5) is 0 Å². The summed E-state index contributed by atoms with van der Waals surface area (Å²) < 4.78 is 27.9. The fourth-order valence-electron chi connectivity index (χ4n) is 4.07. The van der Waals surface area contributed by atoms with Gasteiger partial charge in [0, 0.05) is 17.2 Å². The van der Waals surface area contributed by atoms with Gasteiger partial charge in [0.05, 0.1) is 32.3 Å². The Balaban J connectivity index is 1.61. The van der Waals surface area contributed by atoms with Crippen molar-refractivity contribution in [1.82, 2.24) is 0 Å². The van der Waals surface area contributed by atoms with Crippen molar-refractivity contribution in [3.8, 4) is 34.8 Å². The number of carbonyl (C=O) groups excluding carboxylic acids is 1. The molecule has 8 nitrogen and oxygen atoms in total. The maximum Gasteiger partial charge on any atom is 0.343 e. The van der Waals surface area contributed by atoms with Crippen molar-refractivity contribution >= 4 is 5.97 Å². The zero-order valence-corrected chi connectivity index (χ0v) is 20.9. The minimum absolute atomic E-state index is 0.0352. The van der Waals surface area contributed by atoms with E-state index in [1.54, 1.807) is 74.9 Å². The molecule has 4 rings (SSSR count). The topological polar surface area (TPSA) is 113 Å². The van der Waals surface area contributed by atoms with Crippen LogP contribution in [0.1, 0.15) is 47.2 Å². The molecule has 37 heavy (non-hydrogen) atoms. The van der Waals surface area contributed by atoms with Crippen LogP contribution in [0.25, 0.3) is 0 Å². The number of benzene rings is 3. The molecule has 0 aromatic heterocycles. The minimum Gasteiger partial charge on any atom is -0.497 e. The summed E-state index contributed by atoms with van der Waals surface area (Å²) in [6.45, 7) is 2.72. The van der Waals surface area contributed by atoms with Gasteiger partial charge in [0.1, 0.15) is 40.4 Å². The number of methoxy groups -OCH3 is 2. The normalized spacial score (nSPS) is 14.2. The largest absolute Gasteiger partial charge is 0.497 e. The highest BCUT2D eigenvalue weighted by Crippen LogP contribution is 2.46.